The standard InChI is InChI=1S/C26H26O6S2/c1-15-3-7-17(8-4-15)33(27,28)31-25-19-11-13-21-23(19)24-20(25)12-14-22(24)26(21)32-34(29,30)18-9-5-16(2)6-10-18/h3-14,19-26H,1-2H3/t19-,20-,21-,22+,23?,24?,25?,26?/m0/s1. The molecule has 0 aliphatic heterocycles. The van der Waals surface area contributed by atoms with Crippen LogP contribution in [0.1, 0.15) is 11.1 Å². The molecule has 0 N–H and O–H groups in total. The van der Waals surface area contributed by atoms with Gasteiger partial charge < -0.3 is 0 Å². The van der Waals surface area contributed by atoms with Gasteiger partial charge in [-0.25, -0.2) is 0 Å². The average Bonchev–Trinajstić information content (AvgIpc) is 3.51. The Kier molecular flexibility index (Phi) is 4.98. The van der Waals surface area contributed by atoms with Crippen LogP contribution in [0.5, 0.6) is 0 Å². The van der Waals surface area contributed by atoms with Crippen LogP contribution < -0.4 is 0 Å². The predicted octanol–water partition coefficient (Wildman–Crippen LogP) is 4.02. The Labute approximate surface area is 200 Å². The Bertz CT molecular complexity index is 1250. The summed E-state index contributed by atoms with van der Waals surface area (Å²) in [6.45, 7) is 3.81. The van der Waals surface area contributed by atoms with E-state index in [-0.39, 0.29) is 45.3 Å². The lowest BCUT2D eigenvalue weighted by atomic mass is 9.88. The average molecular weight is 499 g/mol. The molecule has 0 radical (unpaired) electrons. The summed E-state index contributed by atoms with van der Waals surface area (Å²) in [6, 6.07) is 13.3. The Morgan fingerprint density at radius 2 is 0.824 bits per heavy atom. The third kappa shape index (κ3) is 3.34. The van der Waals surface area contributed by atoms with Gasteiger partial charge in [0.25, 0.3) is 20.2 Å². The number of aryl methyl sites for hydroxylation is 2. The summed E-state index contributed by atoms with van der Waals surface area (Å²) < 4.78 is 63.8. The fourth-order valence-electron chi connectivity index (χ4n) is 6.46. The molecule has 2 fully saturated rings. The van der Waals surface area contributed by atoms with Crippen molar-refractivity contribution in [3.63, 3.8) is 0 Å². The maximum atomic E-state index is 13.0. The van der Waals surface area contributed by atoms with Gasteiger partial charge in [0.1, 0.15) is 0 Å². The van der Waals surface area contributed by atoms with Crippen LogP contribution in [0.2, 0.25) is 0 Å². The molecule has 0 heterocycles. The van der Waals surface area contributed by atoms with Crippen molar-refractivity contribution in [3.8, 4) is 0 Å². The largest absolute Gasteiger partial charge is 0.297 e. The maximum absolute atomic E-state index is 13.0. The molecule has 0 saturated heterocycles. The van der Waals surface area contributed by atoms with Crippen LogP contribution in [0, 0.1) is 49.4 Å². The lowest BCUT2D eigenvalue weighted by Crippen LogP contribution is -2.32. The molecular weight excluding hydrogens is 472 g/mol. The molecule has 178 valence electrons. The van der Waals surface area contributed by atoms with Crippen molar-refractivity contribution in [3.05, 3.63) is 84.0 Å². The molecular formula is C26H26O6S2. The van der Waals surface area contributed by atoms with Gasteiger partial charge in [-0.2, -0.15) is 16.8 Å². The summed E-state index contributed by atoms with van der Waals surface area (Å²) in [6.07, 6.45) is 7.00. The molecule has 6 rings (SSSR count). The van der Waals surface area contributed by atoms with Crippen molar-refractivity contribution < 1.29 is 25.2 Å². The molecule has 0 aromatic heterocycles. The number of hydrogen-bond acceptors (Lipinski definition) is 6. The van der Waals surface area contributed by atoms with E-state index in [1.165, 1.54) is 0 Å². The van der Waals surface area contributed by atoms with E-state index in [4.69, 9.17) is 8.37 Å². The van der Waals surface area contributed by atoms with Crippen LogP contribution in [0.25, 0.3) is 0 Å². The lowest BCUT2D eigenvalue weighted by Gasteiger charge is -2.24. The third-order valence-electron chi connectivity index (χ3n) is 7.95. The van der Waals surface area contributed by atoms with Gasteiger partial charge in [0, 0.05) is 23.7 Å². The Morgan fingerprint density at radius 1 is 0.529 bits per heavy atom. The molecule has 0 amide bonds. The van der Waals surface area contributed by atoms with Crippen LogP contribution in [0.4, 0.5) is 0 Å². The fraction of sp³-hybridized carbons (Fsp3) is 0.385. The predicted molar refractivity (Wildman–Crippen MR) is 126 cm³/mol. The van der Waals surface area contributed by atoms with Crippen molar-refractivity contribution in [1.29, 1.82) is 0 Å². The van der Waals surface area contributed by atoms with Gasteiger partial charge in [-0.15, -0.1) is 0 Å². The van der Waals surface area contributed by atoms with Crippen molar-refractivity contribution in [2.75, 3.05) is 0 Å². The molecule has 0 bridgehead atoms. The summed E-state index contributed by atoms with van der Waals surface area (Å²) in [5.41, 5.74) is 1.95. The molecule has 34 heavy (non-hydrogen) atoms. The van der Waals surface area contributed by atoms with Crippen molar-refractivity contribution in [2.45, 2.75) is 35.8 Å². The molecule has 0 spiro atoms. The smallest absolute Gasteiger partial charge is 0.262 e. The van der Waals surface area contributed by atoms with Gasteiger partial charge in [0.2, 0.25) is 0 Å². The first-order valence-corrected chi connectivity index (χ1v) is 14.3. The van der Waals surface area contributed by atoms with E-state index in [0.717, 1.165) is 11.1 Å². The number of benzene rings is 2. The molecule has 4 aliphatic carbocycles. The minimum atomic E-state index is -3.92. The molecule has 8 atom stereocenters. The van der Waals surface area contributed by atoms with Crippen LogP contribution in [-0.2, 0) is 28.6 Å². The minimum Gasteiger partial charge on any atom is -0.262 e. The second kappa shape index (κ2) is 7.62. The highest BCUT2D eigenvalue weighted by atomic mass is 32.2. The van der Waals surface area contributed by atoms with Crippen LogP contribution in [0.15, 0.2) is 82.6 Å². The van der Waals surface area contributed by atoms with Gasteiger partial charge in [0.15, 0.2) is 0 Å². The first-order chi connectivity index (χ1) is 16.2. The van der Waals surface area contributed by atoms with Crippen molar-refractivity contribution >= 4 is 20.2 Å². The van der Waals surface area contributed by atoms with Crippen LogP contribution in [-0.4, -0.2) is 29.0 Å². The maximum Gasteiger partial charge on any atom is 0.297 e. The van der Waals surface area contributed by atoms with Gasteiger partial charge in [-0.05, 0) is 49.9 Å². The molecule has 6 nitrogen and oxygen atoms in total. The first kappa shape index (κ1) is 22.2. The normalized spacial score (nSPS) is 35.2. The highest BCUT2D eigenvalue weighted by Gasteiger charge is 2.66. The molecule has 2 saturated carbocycles. The van der Waals surface area contributed by atoms with E-state index in [0.29, 0.717) is 0 Å². The molecule has 8 heteroatoms. The molecule has 2 aromatic carbocycles. The van der Waals surface area contributed by atoms with Gasteiger partial charge in [-0.3, -0.25) is 8.37 Å². The van der Waals surface area contributed by atoms with Crippen molar-refractivity contribution in [2.24, 2.45) is 35.5 Å². The monoisotopic (exact) mass is 498 g/mol. The topological polar surface area (TPSA) is 86.7 Å². The van der Waals surface area contributed by atoms with E-state index in [2.05, 4.69) is 0 Å². The van der Waals surface area contributed by atoms with Gasteiger partial charge in [-0.1, -0.05) is 59.7 Å². The van der Waals surface area contributed by atoms with E-state index in [1.54, 1.807) is 48.5 Å². The molecule has 4 aliphatic rings. The lowest BCUT2D eigenvalue weighted by molar-refractivity contribution is 0.110. The SMILES string of the molecule is Cc1ccc(S(=O)(=O)OC2[C@H]3C=C[C@@H]4C(OS(=O)(=O)c5ccc(C)cc5)[C@@H]5C=C[C@H]2C5C34)cc1. The Balaban J connectivity index is 1.26. The quantitative estimate of drug-likeness (QED) is 0.442. The Hall–Kier alpha value is -2.26. The first-order valence-electron chi connectivity index (χ1n) is 11.5. The molecule has 4 unspecified atom stereocenters. The second-order valence-corrected chi connectivity index (χ2v) is 13.0. The summed E-state index contributed by atoms with van der Waals surface area (Å²) in [7, 11) is -7.83. The van der Waals surface area contributed by atoms with E-state index in [1.807, 2.05) is 38.2 Å². The zero-order valence-electron chi connectivity index (χ0n) is 18.8. The highest BCUT2D eigenvalue weighted by molar-refractivity contribution is 7.87. The van der Waals surface area contributed by atoms with E-state index in [9.17, 15) is 16.8 Å². The second-order valence-electron chi connectivity index (χ2n) is 9.89. The van der Waals surface area contributed by atoms with E-state index >= 15 is 0 Å². The summed E-state index contributed by atoms with van der Waals surface area (Å²) >= 11 is 0. The third-order valence-corrected chi connectivity index (χ3v) is 10.6. The highest BCUT2D eigenvalue weighted by Crippen LogP contribution is 2.65. The zero-order chi connectivity index (χ0) is 23.8. The van der Waals surface area contributed by atoms with Crippen molar-refractivity contribution in [1.82, 2.24) is 0 Å². The van der Waals surface area contributed by atoms with Crippen LogP contribution >= 0.6 is 0 Å². The fourth-order valence-corrected chi connectivity index (χ4v) is 8.72. The number of rotatable bonds is 6. The zero-order valence-corrected chi connectivity index (χ0v) is 20.4. The van der Waals surface area contributed by atoms with Gasteiger partial charge in [0.05, 0.1) is 22.0 Å². The van der Waals surface area contributed by atoms with Crippen LogP contribution in [0.3, 0.4) is 0 Å². The Morgan fingerprint density at radius 3 is 1.12 bits per heavy atom. The number of hydrogen-bond donors (Lipinski definition) is 0. The van der Waals surface area contributed by atoms with Gasteiger partial charge >= 0.3 is 0 Å². The summed E-state index contributed by atoms with van der Waals surface area (Å²) in [4.78, 5) is 0.301. The molecule has 2 aromatic rings. The minimum absolute atomic E-state index is 0.0941. The summed E-state index contributed by atoms with van der Waals surface area (Å²) in [5.74, 6) is -0.179. The summed E-state index contributed by atoms with van der Waals surface area (Å²) in [5, 5.41) is 0. The van der Waals surface area contributed by atoms with E-state index < -0.39 is 32.4 Å².